The zero-order valence-corrected chi connectivity index (χ0v) is 20.6. The van der Waals surface area contributed by atoms with Crippen molar-refractivity contribution in [2.75, 3.05) is 34.0 Å². The average Bonchev–Trinajstić information content (AvgIpc) is 2.91. The van der Waals surface area contributed by atoms with E-state index in [4.69, 9.17) is 18.9 Å². The highest BCUT2D eigenvalue weighted by atomic mass is 16.7. The first-order valence-corrected chi connectivity index (χ1v) is 11.7. The second-order valence-corrected chi connectivity index (χ2v) is 8.63. The van der Waals surface area contributed by atoms with Gasteiger partial charge in [-0.3, -0.25) is 0 Å². The number of aliphatic hydroxyl groups excluding tert-OH is 6. The molecule has 6 atom stereocenters. The van der Waals surface area contributed by atoms with E-state index in [2.05, 4.69) is 0 Å². The van der Waals surface area contributed by atoms with Crippen molar-refractivity contribution in [1.29, 1.82) is 0 Å². The van der Waals surface area contributed by atoms with Crippen LogP contribution in [0.4, 0.5) is 0 Å². The van der Waals surface area contributed by atoms with E-state index in [0.717, 1.165) is 5.56 Å². The predicted molar refractivity (Wildman–Crippen MR) is 132 cm³/mol. The summed E-state index contributed by atoms with van der Waals surface area (Å²) in [6, 6.07) is 8.14. The molecule has 204 valence electrons. The summed E-state index contributed by atoms with van der Waals surface area (Å²) in [5, 5.41) is 69.9. The van der Waals surface area contributed by atoms with Gasteiger partial charge in [-0.1, -0.05) is 18.2 Å². The Balaban J connectivity index is 2.06. The fourth-order valence-corrected chi connectivity index (χ4v) is 4.20. The molecule has 0 spiro atoms. The van der Waals surface area contributed by atoms with Crippen LogP contribution in [0.1, 0.15) is 22.6 Å². The Morgan fingerprint density at radius 3 is 2.30 bits per heavy atom. The van der Waals surface area contributed by atoms with Crippen molar-refractivity contribution < 1.29 is 54.7 Å². The van der Waals surface area contributed by atoms with Crippen molar-refractivity contribution in [2.24, 2.45) is 0 Å². The standard InChI is InChI=1S/C26H34O11/c1-34-19-10-15(5-6-18(19)30)8-16(12-28)17-9-14(4-3-7-27)11-20(35-2)25(17)37-26-24(33)23(32)22(31)21(13-29)36-26/h3-6,9-11,16,21-24,26-33H,7-8,12-13H2,1-2H3/b4-3+/t16?,21-,22-,23+,24-,26+/m1/s1. The van der Waals surface area contributed by atoms with Gasteiger partial charge < -0.3 is 54.7 Å². The summed E-state index contributed by atoms with van der Waals surface area (Å²) in [7, 11) is 2.83. The van der Waals surface area contributed by atoms with E-state index in [1.807, 2.05) is 0 Å². The highest BCUT2D eigenvalue weighted by Gasteiger charge is 2.45. The summed E-state index contributed by atoms with van der Waals surface area (Å²) in [6.45, 7) is -1.15. The molecule has 3 rings (SSSR count). The number of phenolic OH excluding ortho intramolecular Hbond substituents is 1. The predicted octanol–water partition coefficient (Wildman–Crippen LogP) is -0.0878. The Bertz CT molecular complexity index is 1060. The topological polar surface area (TPSA) is 179 Å². The molecule has 11 nitrogen and oxygen atoms in total. The van der Waals surface area contributed by atoms with Crippen LogP contribution in [-0.4, -0.2) is 100 Å². The maximum absolute atomic E-state index is 10.5. The summed E-state index contributed by atoms with van der Waals surface area (Å²) in [4.78, 5) is 0. The zero-order valence-electron chi connectivity index (χ0n) is 20.6. The van der Waals surface area contributed by atoms with Crippen molar-refractivity contribution in [3.05, 3.63) is 53.1 Å². The number of hydrogen-bond donors (Lipinski definition) is 7. The average molecular weight is 523 g/mol. The summed E-state index contributed by atoms with van der Waals surface area (Å²) in [6.07, 6.45) is -4.04. The molecule has 0 aliphatic carbocycles. The first kappa shape index (κ1) is 28.7. The number of hydrogen-bond acceptors (Lipinski definition) is 11. The molecule has 1 saturated heterocycles. The molecule has 2 aromatic rings. The second kappa shape index (κ2) is 13.1. The number of rotatable bonds is 11. The third-order valence-corrected chi connectivity index (χ3v) is 6.21. The second-order valence-electron chi connectivity index (χ2n) is 8.63. The molecule has 37 heavy (non-hydrogen) atoms. The lowest BCUT2D eigenvalue weighted by molar-refractivity contribution is -0.277. The monoisotopic (exact) mass is 522 g/mol. The van der Waals surface area contributed by atoms with Gasteiger partial charge in [0.1, 0.15) is 24.4 Å². The van der Waals surface area contributed by atoms with E-state index in [9.17, 15) is 35.7 Å². The molecule has 2 aromatic carbocycles. The maximum atomic E-state index is 10.5. The molecule has 0 radical (unpaired) electrons. The summed E-state index contributed by atoms with van der Waals surface area (Å²) < 4.78 is 22.2. The lowest BCUT2D eigenvalue weighted by Crippen LogP contribution is -2.60. The van der Waals surface area contributed by atoms with Crippen molar-refractivity contribution in [1.82, 2.24) is 0 Å². The first-order valence-electron chi connectivity index (χ1n) is 11.7. The fourth-order valence-electron chi connectivity index (χ4n) is 4.20. The zero-order chi connectivity index (χ0) is 27.1. The van der Waals surface area contributed by atoms with E-state index in [0.29, 0.717) is 11.1 Å². The smallest absolute Gasteiger partial charge is 0.229 e. The molecule has 11 heteroatoms. The number of aliphatic hydroxyl groups is 6. The van der Waals surface area contributed by atoms with Crippen LogP contribution < -0.4 is 14.2 Å². The van der Waals surface area contributed by atoms with Gasteiger partial charge in [0, 0.05) is 11.5 Å². The molecule has 7 N–H and O–H groups in total. The molecule has 1 aliphatic rings. The van der Waals surface area contributed by atoms with E-state index in [1.165, 1.54) is 26.4 Å². The van der Waals surface area contributed by atoms with Crippen LogP contribution in [0.25, 0.3) is 6.08 Å². The molecule has 0 bridgehead atoms. The van der Waals surface area contributed by atoms with Crippen LogP contribution in [-0.2, 0) is 11.2 Å². The van der Waals surface area contributed by atoms with Gasteiger partial charge in [-0.25, -0.2) is 0 Å². The van der Waals surface area contributed by atoms with Gasteiger partial charge in [0.05, 0.1) is 34.0 Å². The van der Waals surface area contributed by atoms with Crippen molar-refractivity contribution in [3.63, 3.8) is 0 Å². The van der Waals surface area contributed by atoms with Gasteiger partial charge in [0.15, 0.2) is 23.0 Å². The highest BCUT2D eigenvalue weighted by Crippen LogP contribution is 2.41. The number of methoxy groups -OCH3 is 2. The van der Waals surface area contributed by atoms with Gasteiger partial charge in [-0.05, 0) is 41.8 Å². The quantitative estimate of drug-likeness (QED) is 0.210. The SMILES string of the molecule is COc1cc(CC(CO)c2cc(/C=C/CO)cc(OC)c2O[C@@H]2O[C@H](CO)[C@@H](O)[C@H](O)[C@H]2O)ccc1O. The minimum Gasteiger partial charge on any atom is -0.504 e. The Morgan fingerprint density at radius 1 is 0.946 bits per heavy atom. The van der Waals surface area contributed by atoms with Crippen LogP contribution in [0.15, 0.2) is 36.4 Å². The van der Waals surface area contributed by atoms with Gasteiger partial charge in [0.2, 0.25) is 6.29 Å². The van der Waals surface area contributed by atoms with Crippen molar-refractivity contribution >= 4 is 6.08 Å². The van der Waals surface area contributed by atoms with Crippen LogP contribution in [0.2, 0.25) is 0 Å². The van der Waals surface area contributed by atoms with E-state index in [-0.39, 0.29) is 42.6 Å². The summed E-state index contributed by atoms with van der Waals surface area (Å²) >= 11 is 0. The van der Waals surface area contributed by atoms with Gasteiger partial charge in [-0.2, -0.15) is 0 Å². The van der Waals surface area contributed by atoms with Gasteiger partial charge in [0.25, 0.3) is 0 Å². The molecule has 0 amide bonds. The maximum Gasteiger partial charge on any atom is 0.229 e. The lowest BCUT2D eigenvalue weighted by atomic mass is 9.90. The minimum absolute atomic E-state index is 0.0313. The third kappa shape index (κ3) is 6.51. The van der Waals surface area contributed by atoms with Gasteiger partial charge >= 0.3 is 0 Å². The third-order valence-electron chi connectivity index (χ3n) is 6.21. The van der Waals surface area contributed by atoms with Gasteiger partial charge in [-0.15, -0.1) is 0 Å². The largest absolute Gasteiger partial charge is 0.504 e. The minimum atomic E-state index is -1.65. The van der Waals surface area contributed by atoms with E-state index < -0.39 is 43.2 Å². The van der Waals surface area contributed by atoms with Crippen LogP contribution >= 0.6 is 0 Å². The Hall–Kier alpha value is -2.90. The number of benzene rings is 2. The van der Waals surface area contributed by atoms with Crippen LogP contribution in [0.5, 0.6) is 23.0 Å². The Morgan fingerprint density at radius 2 is 1.68 bits per heavy atom. The van der Waals surface area contributed by atoms with Crippen LogP contribution in [0, 0.1) is 0 Å². The molecular formula is C26H34O11. The van der Waals surface area contributed by atoms with Crippen molar-refractivity contribution in [2.45, 2.75) is 43.0 Å². The first-order chi connectivity index (χ1) is 17.8. The molecular weight excluding hydrogens is 488 g/mol. The molecule has 0 saturated carbocycles. The van der Waals surface area contributed by atoms with E-state index >= 15 is 0 Å². The normalized spacial score (nSPS) is 24.7. The van der Waals surface area contributed by atoms with Crippen molar-refractivity contribution in [3.8, 4) is 23.0 Å². The summed E-state index contributed by atoms with van der Waals surface area (Å²) in [5.41, 5.74) is 1.83. The highest BCUT2D eigenvalue weighted by molar-refractivity contribution is 5.60. The summed E-state index contributed by atoms with van der Waals surface area (Å²) in [5.74, 6) is -0.0162. The molecule has 1 fully saturated rings. The fraction of sp³-hybridized carbons (Fsp3) is 0.462. The molecule has 1 heterocycles. The lowest BCUT2D eigenvalue weighted by Gasteiger charge is -2.40. The molecule has 0 aromatic heterocycles. The van der Waals surface area contributed by atoms with Crippen LogP contribution in [0.3, 0.4) is 0 Å². The Labute approximate surface area is 214 Å². The Kier molecular flexibility index (Phi) is 10.1. The molecule has 1 aliphatic heterocycles. The number of ether oxygens (including phenoxy) is 4. The number of phenols is 1. The number of aromatic hydroxyl groups is 1. The van der Waals surface area contributed by atoms with E-state index in [1.54, 1.807) is 30.3 Å². The molecule has 1 unspecified atom stereocenters.